The number of furan rings is 1. The molecule has 2 aromatic heterocycles. The number of thioether (sulfide) groups is 1. The summed E-state index contributed by atoms with van der Waals surface area (Å²) < 4.78 is 11.9. The second kappa shape index (κ2) is 11.8. The van der Waals surface area contributed by atoms with Gasteiger partial charge in [-0.05, 0) is 41.0 Å². The predicted octanol–water partition coefficient (Wildman–Crippen LogP) is 6.79. The Kier molecular flexibility index (Phi) is 7.66. The molecule has 8 nitrogen and oxygen atoms in total. The number of nitrogens with zero attached hydrogens (tertiary/aromatic N) is 3. The predicted molar refractivity (Wildman–Crippen MR) is 156 cm³/mol. The lowest BCUT2D eigenvalue weighted by Crippen LogP contribution is -2.31. The number of benzene rings is 3. The zero-order valence-electron chi connectivity index (χ0n) is 21.5. The first kappa shape index (κ1) is 26.5. The topological polar surface area (TPSA) is 106 Å². The van der Waals surface area contributed by atoms with Gasteiger partial charge in [-0.2, -0.15) is 0 Å². The molecule has 0 saturated heterocycles. The number of anilines is 1. The lowest BCUT2D eigenvalue weighted by molar-refractivity contribution is -0.117. The molecule has 41 heavy (non-hydrogen) atoms. The van der Waals surface area contributed by atoms with Gasteiger partial charge in [-0.3, -0.25) is 14.5 Å². The number of amides is 1. The fourth-order valence-electron chi connectivity index (χ4n) is 4.46. The molecule has 1 atom stereocenters. The third kappa shape index (κ3) is 5.65. The lowest BCUT2D eigenvalue weighted by Gasteiger charge is -2.24. The Balaban J connectivity index is 1.29. The van der Waals surface area contributed by atoms with Gasteiger partial charge in [0.05, 0.1) is 17.9 Å². The van der Waals surface area contributed by atoms with Crippen molar-refractivity contribution in [3.05, 3.63) is 137 Å². The van der Waals surface area contributed by atoms with Crippen molar-refractivity contribution in [1.29, 1.82) is 0 Å². The minimum absolute atomic E-state index is 0.0189. The van der Waals surface area contributed by atoms with E-state index < -0.39 is 23.5 Å². The number of hydrogen-bond donors (Lipinski definition) is 1. The maximum atomic E-state index is 13.5. The van der Waals surface area contributed by atoms with Crippen LogP contribution in [-0.2, 0) is 17.2 Å². The summed E-state index contributed by atoms with van der Waals surface area (Å²) in [6.45, 7) is 0.394. The van der Waals surface area contributed by atoms with Crippen LogP contribution in [0, 0.1) is 0 Å². The maximum absolute atomic E-state index is 13.5. The third-order valence-corrected chi connectivity index (χ3v) is 8.58. The number of Topliss-reactive ketones (excluding diaryl/α,β-unsaturated/α-hetero) is 1. The van der Waals surface area contributed by atoms with E-state index in [0.29, 0.717) is 28.0 Å². The normalized spacial score (nSPS) is 15.0. The molecule has 204 valence electrons. The minimum Gasteiger partial charge on any atom is -0.503 e. The summed E-state index contributed by atoms with van der Waals surface area (Å²) in [7, 11) is 0. The Hall–Kier alpha value is -4.67. The van der Waals surface area contributed by atoms with Crippen LogP contribution in [0.4, 0.5) is 5.13 Å². The van der Waals surface area contributed by atoms with Crippen LogP contribution in [0.2, 0.25) is 0 Å². The molecule has 0 radical (unpaired) electrons. The molecule has 0 spiro atoms. The average molecular weight is 582 g/mol. The van der Waals surface area contributed by atoms with E-state index in [4.69, 9.17) is 9.15 Å². The number of aliphatic hydroxyl groups is 1. The second-order valence-electron chi connectivity index (χ2n) is 9.11. The summed E-state index contributed by atoms with van der Waals surface area (Å²) in [6.07, 6.45) is 1.37. The van der Waals surface area contributed by atoms with Gasteiger partial charge in [-0.15, -0.1) is 10.2 Å². The number of hydrogen-bond acceptors (Lipinski definition) is 9. The fraction of sp³-hybridized carbons (Fsp3) is 0.0968. The lowest BCUT2D eigenvalue weighted by atomic mass is 9.95. The van der Waals surface area contributed by atoms with E-state index in [1.807, 2.05) is 60.7 Å². The summed E-state index contributed by atoms with van der Waals surface area (Å²) in [5.74, 6) is -0.634. The number of carbonyl (C=O) groups excluding carboxylic acids is 2. The summed E-state index contributed by atoms with van der Waals surface area (Å²) in [5.41, 5.74) is 2.67. The number of aromatic nitrogens is 2. The molecule has 10 heteroatoms. The molecule has 0 saturated carbocycles. The minimum atomic E-state index is -0.941. The van der Waals surface area contributed by atoms with E-state index in [1.165, 1.54) is 40.3 Å². The number of aliphatic hydroxyl groups excluding tert-OH is 1. The monoisotopic (exact) mass is 581 g/mol. The van der Waals surface area contributed by atoms with Crippen LogP contribution >= 0.6 is 23.1 Å². The van der Waals surface area contributed by atoms with Crippen molar-refractivity contribution in [2.24, 2.45) is 0 Å². The Morgan fingerprint density at radius 2 is 1.63 bits per heavy atom. The van der Waals surface area contributed by atoms with Crippen molar-refractivity contribution in [3.63, 3.8) is 0 Å². The standard InChI is InChI=1S/C31H23N3O5S2/c35-27(24-12-7-17-38-24)25-26(22-13-15-23(16-14-22)39-18-20-8-3-1-4-9-20)34(29(37)28(25)36)30-32-33-31(41-30)40-19-21-10-5-2-6-11-21/h1-17,26,36H,18-19H2. The summed E-state index contributed by atoms with van der Waals surface area (Å²) in [4.78, 5) is 28.2. The molecule has 1 N–H and O–H groups in total. The highest BCUT2D eigenvalue weighted by Crippen LogP contribution is 2.44. The number of ketones is 1. The van der Waals surface area contributed by atoms with Crippen molar-refractivity contribution in [3.8, 4) is 5.75 Å². The Bertz CT molecular complexity index is 1680. The van der Waals surface area contributed by atoms with Crippen molar-refractivity contribution < 1.29 is 23.8 Å². The van der Waals surface area contributed by atoms with E-state index in [1.54, 1.807) is 30.3 Å². The van der Waals surface area contributed by atoms with Crippen LogP contribution in [0.5, 0.6) is 5.75 Å². The van der Waals surface area contributed by atoms with Crippen LogP contribution in [0.25, 0.3) is 0 Å². The van der Waals surface area contributed by atoms with E-state index in [-0.39, 0.29) is 16.5 Å². The van der Waals surface area contributed by atoms with Gasteiger partial charge in [-0.25, -0.2) is 0 Å². The third-order valence-electron chi connectivity index (χ3n) is 6.45. The first-order chi connectivity index (χ1) is 20.1. The fourth-order valence-corrected chi connectivity index (χ4v) is 6.28. The SMILES string of the molecule is O=C(C1=C(O)C(=O)N(c2nnc(SCc3ccccc3)s2)C1c1ccc(OCc2ccccc2)cc1)c1ccco1. The molecule has 1 amide bonds. The highest BCUT2D eigenvalue weighted by molar-refractivity contribution is 8.00. The molecule has 0 aliphatic carbocycles. The molecule has 1 aliphatic heterocycles. The summed E-state index contributed by atoms with van der Waals surface area (Å²) in [6, 6.07) is 29.0. The van der Waals surface area contributed by atoms with Gasteiger partial charge in [-0.1, -0.05) is 95.9 Å². The molecule has 0 bridgehead atoms. The first-order valence-electron chi connectivity index (χ1n) is 12.7. The number of carbonyl (C=O) groups is 2. The molecular formula is C31H23N3O5S2. The van der Waals surface area contributed by atoms with E-state index in [0.717, 1.165) is 11.1 Å². The summed E-state index contributed by atoms with van der Waals surface area (Å²) in [5, 5.41) is 19.8. The van der Waals surface area contributed by atoms with Crippen molar-refractivity contribution in [2.75, 3.05) is 4.90 Å². The highest BCUT2D eigenvalue weighted by atomic mass is 32.2. The van der Waals surface area contributed by atoms with Gasteiger partial charge in [0, 0.05) is 5.75 Å². The molecular weight excluding hydrogens is 558 g/mol. The molecule has 3 heterocycles. The van der Waals surface area contributed by atoms with Gasteiger partial charge >= 0.3 is 0 Å². The van der Waals surface area contributed by atoms with Crippen molar-refractivity contribution >= 4 is 39.9 Å². The molecule has 6 rings (SSSR count). The summed E-state index contributed by atoms with van der Waals surface area (Å²) >= 11 is 2.72. The molecule has 0 fully saturated rings. The first-order valence-corrected chi connectivity index (χ1v) is 14.5. The Morgan fingerprint density at radius 3 is 2.32 bits per heavy atom. The van der Waals surface area contributed by atoms with Gasteiger partial charge in [0.2, 0.25) is 10.9 Å². The van der Waals surface area contributed by atoms with Crippen LogP contribution < -0.4 is 9.64 Å². The van der Waals surface area contributed by atoms with Crippen LogP contribution in [0.1, 0.15) is 33.3 Å². The maximum Gasteiger partial charge on any atom is 0.296 e. The van der Waals surface area contributed by atoms with Crippen LogP contribution in [0.15, 0.2) is 123 Å². The van der Waals surface area contributed by atoms with E-state index in [9.17, 15) is 14.7 Å². The number of rotatable bonds is 10. The second-order valence-corrected chi connectivity index (χ2v) is 11.3. The quantitative estimate of drug-likeness (QED) is 0.109. The van der Waals surface area contributed by atoms with Crippen LogP contribution in [-0.4, -0.2) is 27.0 Å². The van der Waals surface area contributed by atoms with Crippen molar-refractivity contribution in [1.82, 2.24) is 10.2 Å². The average Bonchev–Trinajstić information content (AvgIpc) is 3.77. The Morgan fingerprint density at radius 1 is 0.927 bits per heavy atom. The zero-order chi connectivity index (χ0) is 28.2. The molecule has 3 aromatic carbocycles. The Labute approximate surface area is 243 Å². The largest absolute Gasteiger partial charge is 0.503 e. The molecule has 1 aliphatic rings. The van der Waals surface area contributed by atoms with Gasteiger partial charge in [0.25, 0.3) is 5.91 Å². The van der Waals surface area contributed by atoms with Crippen molar-refractivity contribution in [2.45, 2.75) is 22.7 Å². The molecule has 1 unspecified atom stereocenters. The number of ether oxygens (including phenoxy) is 1. The smallest absolute Gasteiger partial charge is 0.296 e. The van der Waals surface area contributed by atoms with E-state index >= 15 is 0 Å². The molecule has 5 aromatic rings. The highest BCUT2D eigenvalue weighted by Gasteiger charge is 2.46. The van der Waals surface area contributed by atoms with E-state index in [2.05, 4.69) is 10.2 Å². The van der Waals surface area contributed by atoms with Crippen LogP contribution in [0.3, 0.4) is 0 Å². The van der Waals surface area contributed by atoms with Gasteiger partial charge in [0.15, 0.2) is 15.9 Å². The zero-order valence-corrected chi connectivity index (χ0v) is 23.2. The van der Waals surface area contributed by atoms with Gasteiger partial charge in [0.1, 0.15) is 12.4 Å². The van der Waals surface area contributed by atoms with Gasteiger partial charge < -0.3 is 14.3 Å².